The minimum Gasteiger partial charge on any atom is -0.503 e. The average Bonchev–Trinajstić information content (AvgIpc) is 3.09. The summed E-state index contributed by atoms with van der Waals surface area (Å²) in [6, 6.07) is 22.2. The van der Waals surface area contributed by atoms with Crippen LogP contribution in [0.3, 0.4) is 0 Å². The number of hydrogen-bond acceptors (Lipinski definition) is 4. The van der Waals surface area contributed by atoms with E-state index in [1.165, 1.54) is 11.0 Å². The molecular formula is C26H20ClNO4. The predicted molar refractivity (Wildman–Crippen MR) is 125 cm³/mol. The molecule has 0 saturated heterocycles. The van der Waals surface area contributed by atoms with E-state index >= 15 is 0 Å². The van der Waals surface area contributed by atoms with Crippen molar-refractivity contribution in [1.29, 1.82) is 0 Å². The number of ether oxygens (including phenoxy) is 1. The first-order valence-corrected chi connectivity index (χ1v) is 10.3. The minimum atomic E-state index is -0.805. The highest BCUT2D eigenvalue weighted by molar-refractivity contribution is 6.30. The number of benzene rings is 3. The molecular weight excluding hydrogens is 426 g/mol. The number of amides is 1. The summed E-state index contributed by atoms with van der Waals surface area (Å²) in [7, 11) is 1.55. The highest BCUT2D eigenvalue weighted by Crippen LogP contribution is 2.41. The summed E-state index contributed by atoms with van der Waals surface area (Å²) in [4.78, 5) is 27.7. The number of aliphatic hydroxyl groups is 1. The molecule has 3 aromatic rings. The third-order valence-electron chi connectivity index (χ3n) is 5.24. The van der Waals surface area contributed by atoms with Gasteiger partial charge in [-0.15, -0.1) is 0 Å². The van der Waals surface area contributed by atoms with Crippen LogP contribution in [0.1, 0.15) is 17.2 Å². The van der Waals surface area contributed by atoms with E-state index in [9.17, 15) is 14.7 Å². The highest BCUT2D eigenvalue weighted by atomic mass is 35.5. The summed E-state index contributed by atoms with van der Waals surface area (Å²) in [6.07, 6.45) is 3.02. The summed E-state index contributed by atoms with van der Waals surface area (Å²) < 4.78 is 5.20. The summed E-state index contributed by atoms with van der Waals surface area (Å²) >= 11 is 6.05. The molecule has 1 aliphatic rings. The molecule has 1 amide bonds. The number of anilines is 1. The Morgan fingerprint density at radius 2 is 1.66 bits per heavy atom. The summed E-state index contributed by atoms with van der Waals surface area (Å²) in [5.41, 5.74) is 2.02. The number of allylic oxidation sites excluding steroid dienone is 1. The average molecular weight is 446 g/mol. The summed E-state index contributed by atoms with van der Waals surface area (Å²) in [6.45, 7) is 0. The van der Waals surface area contributed by atoms with Gasteiger partial charge in [0.05, 0.1) is 18.7 Å². The van der Waals surface area contributed by atoms with E-state index < -0.39 is 23.5 Å². The molecule has 0 radical (unpaired) electrons. The molecule has 1 N–H and O–H groups in total. The standard InChI is InChI=1S/C26H20ClNO4/c1-32-21-14-12-20(13-15-21)28-24(18-8-10-19(27)11-9-18)23(25(30)26(28)31)22(29)16-7-17-5-3-2-4-6-17/h2-16,24,30H,1H3. The van der Waals surface area contributed by atoms with Gasteiger partial charge >= 0.3 is 0 Å². The zero-order chi connectivity index (χ0) is 22.7. The van der Waals surface area contributed by atoms with Crippen LogP contribution in [0.15, 0.2) is 96.3 Å². The number of aliphatic hydroxyl groups excluding tert-OH is 1. The predicted octanol–water partition coefficient (Wildman–Crippen LogP) is 5.53. The first-order chi connectivity index (χ1) is 15.5. The van der Waals surface area contributed by atoms with E-state index in [2.05, 4.69) is 0 Å². The molecule has 3 aromatic carbocycles. The first-order valence-electron chi connectivity index (χ1n) is 9.93. The van der Waals surface area contributed by atoms with E-state index in [1.807, 2.05) is 30.3 Å². The summed E-state index contributed by atoms with van der Waals surface area (Å²) in [5, 5.41) is 11.3. The van der Waals surface area contributed by atoms with Crippen molar-refractivity contribution >= 4 is 35.1 Å². The van der Waals surface area contributed by atoms with Crippen LogP contribution in [0.4, 0.5) is 5.69 Å². The maximum atomic E-state index is 13.2. The molecule has 6 heteroatoms. The normalized spacial score (nSPS) is 16.1. The fourth-order valence-corrected chi connectivity index (χ4v) is 3.78. The van der Waals surface area contributed by atoms with E-state index in [-0.39, 0.29) is 5.57 Å². The number of ketones is 1. The van der Waals surface area contributed by atoms with Crippen LogP contribution in [0.2, 0.25) is 5.02 Å². The van der Waals surface area contributed by atoms with Crippen LogP contribution in [0.25, 0.3) is 6.08 Å². The number of nitrogens with zero attached hydrogens (tertiary/aromatic N) is 1. The van der Waals surface area contributed by atoms with Crippen molar-refractivity contribution < 1.29 is 19.4 Å². The van der Waals surface area contributed by atoms with Crippen LogP contribution in [-0.2, 0) is 9.59 Å². The van der Waals surface area contributed by atoms with Gasteiger partial charge in [-0.2, -0.15) is 0 Å². The molecule has 0 bridgehead atoms. The second-order valence-corrected chi connectivity index (χ2v) is 7.63. The Kier molecular flexibility index (Phi) is 6.10. The van der Waals surface area contributed by atoms with Gasteiger partial charge in [0.2, 0.25) is 0 Å². The Labute approximate surface area is 190 Å². The van der Waals surface area contributed by atoms with Crippen molar-refractivity contribution in [3.8, 4) is 5.75 Å². The Balaban J connectivity index is 1.77. The number of carbonyl (C=O) groups excluding carboxylic acids is 2. The molecule has 32 heavy (non-hydrogen) atoms. The van der Waals surface area contributed by atoms with Crippen LogP contribution >= 0.6 is 11.6 Å². The summed E-state index contributed by atoms with van der Waals surface area (Å²) in [5.74, 6) is -1.03. The Morgan fingerprint density at radius 3 is 2.28 bits per heavy atom. The second kappa shape index (κ2) is 9.12. The van der Waals surface area contributed by atoms with Gasteiger partial charge in [-0.1, -0.05) is 60.1 Å². The van der Waals surface area contributed by atoms with Gasteiger partial charge in [0.15, 0.2) is 11.5 Å². The maximum Gasteiger partial charge on any atom is 0.294 e. The first kappa shape index (κ1) is 21.4. The van der Waals surface area contributed by atoms with Crippen LogP contribution in [0.5, 0.6) is 5.75 Å². The largest absolute Gasteiger partial charge is 0.503 e. The fourth-order valence-electron chi connectivity index (χ4n) is 3.65. The second-order valence-electron chi connectivity index (χ2n) is 7.20. The number of halogens is 1. The zero-order valence-corrected chi connectivity index (χ0v) is 18.0. The van der Waals surface area contributed by atoms with Crippen molar-refractivity contribution in [2.45, 2.75) is 6.04 Å². The number of methoxy groups -OCH3 is 1. The molecule has 1 heterocycles. The van der Waals surface area contributed by atoms with E-state index in [0.29, 0.717) is 22.0 Å². The van der Waals surface area contributed by atoms with Crippen molar-refractivity contribution in [1.82, 2.24) is 0 Å². The topological polar surface area (TPSA) is 66.8 Å². The molecule has 5 nitrogen and oxygen atoms in total. The fraction of sp³-hybridized carbons (Fsp3) is 0.0769. The Bertz CT molecular complexity index is 1200. The Morgan fingerprint density at radius 1 is 1.00 bits per heavy atom. The number of carbonyl (C=O) groups is 2. The maximum absolute atomic E-state index is 13.2. The lowest BCUT2D eigenvalue weighted by molar-refractivity contribution is -0.117. The zero-order valence-electron chi connectivity index (χ0n) is 17.2. The lowest BCUT2D eigenvalue weighted by atomic mass is 9.95. The van der Waals surface area contributed by atoms with E-state index in [4.69, 9.17) is 16.3 Å². The smallest absolute Gasteiger partial charge is 0.294 e. The van der Waals surface area contributed by atoms with Crippen molar-refractivity contribution in [2.75, 3.05) is 12.0 Å². The van der Waals surface area contributed by atoms with Gasteiger partial charge in [0.25, 0.3) is 5.91 Å². The molecule has 4 rings (SSSR count). The third kappa shape index (κ3) is 4.15. The molecule has 0 aromatic heterocycles. The SMILES string of the molecule is COc1ccc(N2C(=O)C(O)=C(C(=O)C=Cc3ccccc3)C2c2ccc(Cl)cc2)cc1. The molecule has 1 unspecified atom stereocenters. The monoisotopic (exact) mass is 445 g/mol. The van der Waals surface area contributed by atoms with Gasteiger partial charge < -0.3 is 9.84 Å². The van der Waals surface area contributed by atoms with E-state index in [0.717, 1.165) is 5.56 Å². The molecule has 160 valence electrons. The lowest BCUT2D eigenvalue weighted by Gasteiger charge is -2.27. The lowest BCUT2D eigenvalue weighted by Crippen LogP contribution is -2.30. The van der Waals surface area contributed by atoms with E-state index in [1.54, 1.807) is 61.7 Å². The van der Waals surface area contributed by atoms with Crippen LogP contribution < -0.4 is 9.64 Å². The van der Waals surface area contributed by atoms with Crippen molar-refractivity contribution in [2.24, 2.45) is 0 Å². The van der Waals surface area contributed by atoms with Gasteiger partial charge in [0, 0.05) is 10.7 Å². The highest BCUT2D eigenvalue weighted by Gasteiger charge is 2.43. The minimum absolute atomic E-state index is 0.0142. The molecule has 1 aliphatic heterocycles. The van der Waals surface area contributed by atoms with Crippen molar-refractivity contribution in [3.63, 3.8) is 0 Å². The molecule has 0 saturated carbocycles. The Hall–Kier alpha value is -3.83. The van der Waals surface area contributed by atoms with Crippen LogP contribution in [-0.4, -0.2) is 23.9 Å². The van der Waals surface area contributed by atoms with Crippen LogP contribution in [0, 0.1) is 0 Å². The number of hydrogen-bond donors (Lipinski definition) is 1. The van der Waals surface area contributed by atoms with Gasteiger partial charge in [-0.3, -0.25) is 14.5 Å². The van der Waals surface area contributed by atoms with Gasteiger partial charge in [0.1, 0.15) is 5.75 Å². The molecule has 0 spiro atoms. The van der Waals surface area contributed by atoms with Gasteiger partial charge in [-0.05, 0) is 53.6 Å². The molecule has 0 aliphatic carbocycles. The molecule has 1 atom stereocenters. The van der Waals surface area contributed by atoms with Gasteiger partial charge in [-0.25, -0.2) is 0 Å². The quantitative estimate of drug-likeness (QED) is 0.506. The number of rotatable bonds is 6. The van der Waals surface area contributed by atoms with Crippen molar-refractivity contribution in [3.05, 3.63) is 112 Å². The molecule has 0 fully saturated rings. The third-order valence-corrected chi connectivity index (χ3v) is 5.49.